The van der Waals surface area contributed by atoms with E-state index in [-0.39, 0.29) is 11.8 Å². The molecule has 2 N–H and O–H groups in total. The van der Waals surface area contributed by atoms with Crippen LogP contribution in [0.4, 0.5) is 0 Å². The van der Waals surface area contributed by atoms with Crippen molar-refractivity contribution in [3.63, 3.8) is 0 Å². The summed E-state index contributed by atoms with van der Waals surface area (Å²) in [7, 11) is 0. The number of amides is 1. The molecule has 0 bridgehead atoms. The summed E-state index contributed by atoms with van der Waals surface area (Å²) < 4.78 is 0. The Labute approximate surface area is 118 Å². The summed E-state index contributed by atoms with van der Waals surface area (Å²) in [4.78, 5) is 14.4. The smallest absolute Gasteiger partial charge is 0.223 e. The second kappa shape index (κ2) is 8.54. The van der Waals surface area contributed by atoms with Gasteiger partial charge in [0.1, 0.15) is 0 Å². The van der Waals surface area contributed by atoms with Crippen LogP contribution in [0.3, 0.4) is 0 Å². The van der Waals surface area contributed by atoms with Gasteiger partial charge in [-0.15, -0.1) is 0 Å². The molecule has 0 aromatic rings. The van der Waals surface area contributed by atoms with Crippen LogP contribution in [0.15, 0.2) is 0 Å². The first kappa shape index (κ1) is 16.4. The third-order valence-corrected chi connectivity index (χ3v) is 3.93. The van der Waals surface area contributed by atoms with Crippen molar-refractivity contribution in [3.05, 3.63) is 0 Å². The van der Waals surface area contributed by atoms with Crippen LogP contribution in [-0.2, 0) is 4.79 Å². The molecule has 0 radical (unpaired) electrons. The van der Waals surface area contributed by atoms with Crippen molar-refractivity contribution in [2.45, 2.75) is 59.0 Å². The minimum absolute atomic E-state index is 0.229. The molecular formula is C15H31N3O. The highest BCUT2D eigenvalue weighted by atomic mass is 16.1. The van der Waals surface area contributed by atoms with E-state index in [9.17, 15) is 4.79 Å². The van der Waals surface area contributed by atoms with Crippen LogP contribution < -0.4 is 10.6 Å². The van der Waals surface area contributed by atoms with Gasteiger partial charge in [-0.2, -0.15) is 0 Å². The zero-order chi connectivity index (χ0) is 14.3. The molecule has 1 aliphatic heterocycles. The fourth-order valence-electron chi connectivity index (χ4n) is 2.81. The molecule has 112 valence electrons. The number of nitrogens with one attached hydrogen (secondary N) is 2. The number of nitrogens with zero attached hydrogens (tertiary/aromatic N) is 1. The Bertz CT molecular complexity index is 252. The lowest BCUT2D eigenvalue weighted by Gasteiger charge is -2.30. The maximum absolute atomic E-state index is 12.0. The van der Waals surface area contributed by atoms with E-state index in [0.29, 0.717) is 12.1 Å². The third-order valence-electron chi connectivity index (χ3n) is 3.93. The molecule has 1 amide bonds. The van der Waals surface area contributed by atoms with E-state index in [1.54, 1.807) is 0 Å². The van der Waals surface area contributed by atoms with Crippen LogP contribution in [0.2, 0.25) is 0 Å². The van der Waals surface area contributed by atoms with Gasteiger partial charge in [0.25, 0.3) is 0 Å². The summed E-state index contributed by atoms with van der Waals surface area (Å²) in [5.41, 5.74) is 0. The molecule has 0 aromatic heterocycles. The molecule has 0 aliphatic carbocycles. The Hall–Kier alpha value is -0.610. The van der Waals surface area contributed by atoms with Gasteiger partial charge >= 0.3 is 0 Å². The van der Waals surface area contributed by atoms with E-state index in [2.05, 4.69) is 43.2 Å². The van der Waals surface area contributed by atoms with Gasteiger partial charge in [-0.1, -0.05) is 0 Å². The summed E-state index contributed by atoms with van der Waals surface area (Å²) in [6, 6.07) is 1.14. The first-order valence-electron chi connectivity index (χ1n) is 7.76. The van der Waals surface area contributed by atoms with Gasteiger partial charge in [-0.3, -0.25) is 9.69 Å². The molecule has 4 nitrogen and oxygen atoms in total. The van der Waals surface area contributed by atoms with Gasteiger partial charge in [0.15, 0.2) is 0 Å². The van der Waals surface area contributed by atoms with Crippen molar-refractivity contribution < 1.29 is 4.79 Å². The monoisotopic (exact) mass is 269 g/mol. The number of carbonyl (C=O) groups excluding carboxylic acids is 1. The molecule has 0 unspecified atom stereocenters. The van der Waals surface area contributed by atoms with E-state index >= 15 is 0 Å². The Morgan fingerprint density at radius 3 is 2.32 bits per heavy atom. The molecule has 19 heavy (non-hydrogen) atoms. The van der Waals surface area contributed by atoms with E-state index in [1.165, 1.54) is 0 Å². The lowest BCUT2D eigenvalue weighted by Crippen LogP contribution is -2.41. The molecule has 1 heterocycles. The number of hydrogen-bond acceptors (Lipinski definition) is 3. The highest BCUT2D eigenvalue weighted by molar-refractivity contribution is 5.78. The van der Waals surface area contributed by atoms with E-state index in [1.807, 2.05) is 0 Å². The maximum atomic E-state index is 12.0. The second-order valence-electron chi connectivity index (χ2n) is 6.09. The van der Waals surface area contributed by atoms with Crippen LogP contribution in [0.5, 0.6) is 0 Å². The van der Waals surface area contributed by atoms with Gasteiger partial charge in [0.2, 0.25) is 5.91 Å². The minimum atomic E-state index is 0.229. The van der Waals surface area contributed by atoms with Crippen molar-refractivity contribution >= 4 is 5.91 Å². The molecule has 4 heteroatoms. The topological polar surface area (TPSA) is 44.4 Å². The maximum Gasteiger partial charge on any atom is 0.223 e. The molecule has 0 atom stereocenters. The summed E-state index contributed by atoms with van der Waals surface area (Å²) in [6.45, 7) is 12.7. The highest BCUT2D eigenvalue weighted by Gasteiger charge is 2.20. The van der Waals surface area contributed by atoms with Crippen molar-refractivity contribution in [2.24, 2.45) is 5.92 Å². The van der Waals surface area contributed by atoms with E-state index in [4.69, 9.17) is 0 Å². The molecule has 0 spiro atoms. The van der Waals surface area contributed by atoms with Crippen LogP contribution >= 0.6 is 0 Å². The van der Waals surface area contributed by atoms with Crippen molar-refractivity contribution in [1.29, 1.82) is 0 Å². The van der Waals surface area contributed by atoms with Gasteiger partial charge in [0.05, 0.1) is 0 Å². The van der Waals surface area contributed by atoms with Gasteiger partial charge < -0.3 is 10.6 Å². The molecule has 0 saturated carbocycles. The Balaban J connectivity index is 2.17. The van der Waals surface area contributed by atoms with Crippen molar-refractivity contribution in [2.75, 3.05) is 26.2 Å². The Morgan fingerprint density at radius 1 is 1.21 bits per heavy atom. The molecule has 1 aliphatic rings. The fourth-order valence-corrected chi connectivity index (χ4v) is 2.81. The number of rotatable bonds is 7. The fraction of sp³-hybridized carbons (Fsp3) is 0.933. The highest BCUT2D eigenvalue weighted by Crippen LogP contribution is 2.11. The predicted molar refractivity (Wildman–Crippen MR) is 80.2 cm³/mol. The van der Waals surface area contributed by atoms with Crippen LogP contribution in [0, 0.1) is 5.92 Å². The quantitative estimate of drug-likeness (QED) is 0.690. The van der Waals surface area contributed by atoms with Crippen molar-refractivity contribution in [3.8, 4) is 0 Å². The first-order valence-corrected chi connectivity index (χ1v) is 7.76. The van der Waals surface area contributed by atoms with E-state index in [0.717, 1.165) is 45.4 Å². The Morgan fingerprint density at radius 2 is 1.79 bits per heavy atom. The molecule has 1 fully saturated rings. The molecule has 1 rings (SSSR count). The molecule has 1 saturated heterocycles. The zero-order valence-corrected chi connectivity index (χ0v) is 13.0. The zero-order valence-electron chi connectivity index (χ0n) is 13.0. The lowest BCUT2D eigenvalue weighted by molar-refractivity contribution is -0.125. The minimum Gasteiger partial charge on any atom is -0.356 e. The van der Waals surface area contributed by atoms with Crippen LogP contribution in [0.25, 0.3) is 0 Å². The first-order chi connectivity index (χ1) is 9.02. The Kier molecular flexibility index (Phi) is 7.39. The second-order valence-corrected chi connectivity index (χ2v) is 6.09. The summed E-state index contributed by atoms with van der Waals surface area (Å²) in [6.07, 6.45) is 3.00. The number of carbonyl (C=O) groups is 1. The summed E-state index contributed by atoms with van der Waals surface area (Å²) in [5.74, 6) is 0.481. The normalized spacial score (nSPS) is 17.4. The molecule has 0 aromatic carbocycles. The standard InChI is InChI=1S/C15H31N3O/c1-12(2)18(13(3)4)11-5-8-17-15(19)14-6-9-16-10-7-14/h12-14,16H,5-11H2,1-4H3,(H,17,19). The lowest BCUT2D eigenvalue weighted by atomic mass is 9.97. The van der Waals surface area contributed by atoms with Gasteiger partial charge in [-0.25, -0.2) is 0 Å². The number of piperidine rings is 1. The van der Waals surface area contributed by atoms with Crippen molar-refractivity contribution in [1.82, 2.24) is 15.5 Å². The third kappa shape index (κ3) is 5.91. The summed E-state index contributed by atoms with van der Waals surface area (Å²) >= 11 is 0. The largest absolute Gasteiger partial charge is 0.356 e. The predicted octanol–water partition coefficient (Wildman–Crippen LogP) is 1.61. The van der Waals surface area contributed by atoms with Gasteiger partial charge in [-0.05, 0) is 60.0 Å². The molecular weight excluding hydrogens is 238 g/mol. The average molecular weight is 269 g/mol. The van der Waals surface area contributed by atoms with Gasteiger partial charge in [0, 0.05) is 31.1 Å². The van der Waals surface area contributed by atoms with Crippen LogP contribution in [-0.4, -0.2) is 49.1 Å². The summed E-state index contributed by atoms with van der Waals surface area (Å²) in [5, 5.41) is 6.38. The SMILES string of the molecule is CC(C)N(CCCNC(=O)C1CCNCC1)C(C)C. The number of hydrogen-bond donors (Lipinski definition) is 2. The average Bonchev–Trinajstić information content (AvgIpc) is 2.38. The van der Waals surface area contributed by atoms with Crippen LogP contribution in [0.1, 0.15) is 47.0 Å². The van der Waals surface area contributed by atoms with E-state index < -0.39 is 0 Å².